The van der Waals surface area contributed by atoms with Gasteiger partial charge in [-0.25, -0.2) is 0 Å². The van der Waals surface area contributed by atoms with Crippen LogP contribution >= 0.6 is 0 Å². The highest BCUT2D eigenvalue weighted by Crippen LogP contribution is 2.21. The zero-order valence-electron chi connectivity index (χ0n) is 17.5. The summed E-state index contributed by atoms with van der Waals surface area (Å²) in [6.45, 7) is 13.0. The number of hydrogen-bond donors (Lipinski definition) is 1. The van der Waals surface area contributed by atoms with Crippen LogP contribution in [0.3, 0.4) is 0 Å². The van der Waals surface area contributed by atoms with E-state index in [2.05, 4.69) is 45.6 Å². The maximum Gasteiger partial charge on any atom is 0.119 e. The lowest BCUT2D eigenvalue weighted by Crippen LogP contribution is -2.52. The molecule has 0 spiro atoms. The van der Waals surface area contributed by atoms with Crippen molar-refractivity contribution in [3.63, 3.8) is 0 Å². The number of piperazine rings is 1. The molecule has 1 aromatic carbocycles. The van der Waals surface area contributed by atoms with Crippen LogP contribution in [0.1, 0.15) is 37.1 Å². The van der Waals surface area contributed by atoms with Gasteiger partial charge in [-0.1, -0.05) is 12.1 Å². The predicted octanol–water partition coefficient (Wildman–Crippen LogP) is 2.68. The first-order chi connectivity index (χ1) is 13.6. The molecule has 1 aliphatic rings. The minimum Gasteiger partial charge on any atom is -0.494 e. The Balaban J connectivity index is 1.61. The fourth-order valence-electron chi connectivity index (χ4n) is 4.02. The Kier molecular flexibility index (Phi) is 7.48. The van der Waals surface area contributed by atoms with Gasteiger partial charge >= 0.3 is 0 Å². The first kappa shape index (κ1) is 20.8. The maximum atomic E-state index is 9.58. The third-order valence-corrected chi connectivity index (χ3v) is 5.67. The molecule has 1 atom stereocenters. The fourth-order valence-corrected chi connectivity index (χ4v) is 4.02. The van der Waals surface area contributed by atoms with Crippen LogP contribution in [0.25, 0.3) is 0 Å². The van der Waals surface area contributed by atoms with Gasteiger partial charge in [0.05, 0.1) is 12.8 Å². The monoisotopic (exact) mass is 386 g/mol. The standard InChI is InChI=1S/C22H34N4O2/c1-4-26-18(3)20(14-23-26)16-24-11-12-25(21(17-24)10-13-27)15-19-6-8-22(9-7-19)28-5-2/h6-9,14,21,27H,4-5,10-13,15-17H2,1-3H3/t21-/m1/s1. The number of benzene rings is 1. The molecule has 1 N–H and O–H groups in total. The molecule has 154 valence electrons. The second-order valence-electron chi connectivity index (χ2n) is 7.52. The van der Waals surface area contributed by atoms with Crippen LogP contribution in [0.15, 0.2) is 30.5 Å². The van der Waals surface area contributed by atoms with E-state index >= 15 is 0 Å². The van der Waals surface area contributed by atoms with Crippen molar-refractivity contribution in [2.75, 3.05) is 32.8 Å². The van der Waals surface area contributed by atoms with Crippen LogP contribution in [0.5, 0.6) is 5.75 Å². The molecule has 1 aliphatic heterocycles. The molecule has 1 aromatic heterocycles. The molecule has 0 amide bonds. The Morgan fingerprint density at radius 2 is 1.93 bits per heavy atom. The molecule has 1 fully saturated rings. The summed E-state index contributed by atoms with van der Waals surface area (Å²) in [5.41, 5.74) is 3.86. The molecule has 0 saturated carbocycles. The number of hydrogen-bond acceptors (Lipinski definition) is 5. The number of aromatic nitrogens is 2. The molecule has 28 heavy (non-hydrogen) atoms. The number of ether oxygens (including phenoxy) is 1. The van der Waals surface area contributed by atoms with Crippen LogP contribution < -0.4 is 4.74 Å². The number of aliphatic hydroxyl groups is 1. The third kappa shape index (κ3) is 5.13. The number of aliphatic hydroxyl groups excluding tert-OH is 1. The fraction of sp³-hybridized carbons (Fsp3) is 0.591. The van der Waals surface area contributed by atoms with Gasteiger partial charge in [-0.05, 0) is 44.9 Å². The third-order valence-electron chi connectivity index (χ3n) is 5.67. The average molecular weight is 387 g/mol. The molecule has 2 heterocycles. The van der Waals surface area contributed by atoms with Gasteiger partial charge in [-0.3, -0.25) is 14.5 Å². The Bertz CT molecular complexity index is 729. The average Bonchev–Trinajstić information content (AvgIpc) is 3.05. The maximum absolute atomic E-state index is 9.58. The van der Waals surface area contributed by atoms with Crippen LogP contribution in [0, 0.1) is 6.92 Å². The van der Waals surface area contributed by atoms with Crippen molar-refractivity contribution in [2.24, 2.45) is 0 Å². The zero-order valence-corrected chi connectivity index (χ0v) is 17.5. The highest BCUT2D eigenvalue weighted by molar-refractivity contribution is 5.27. The highest BCUT2D eigenvalue weighted by Gasteiger charge is 2.27. The van der Waals surface area contributed by atoms with E-state index in [0.717, 1.165) is 51.4 Å². The summed E-state index contributed by atoms with van der Waals surface area (Å²) in [4.78, 5) is 5.00. The van der Waals surface area contributed by atoms with Gasteiger partial charge in [-0.2, -0.15) is 5.10 Å². The minimum absolute atomic E-state index is 0.227. The molecule has 2 aromatic rings. The number of nitrogens with zero attached hydrogens (tertiary/aromatic N) is 4. The van der Waals surface area contributed by atoms with Gasteiger partial charge in [0.2, 0.25) is 0 Å². The van der Waals surface area contributed by atoms with E-state index in [-0.39, 0.29) is 6.61 Å². The van der Waals surface area contributed by atoms with E-state index < -0.39 is 0 Å². The molecule has 0 bridgehead atoms. The number of rotatable bonds is 9. The van der Waals surface area contributed by atoms with Crippen LogP contribution in [-0.4, -0.2) is 63.6 Å². The van der Waals surface area contributed by atoms with Gasteiger partial charge in [0.15, 0.2) is 0 Å². The topological polar surface area (TPSA) is 53.8 Å². The van der Waals surface area contributed by atoms with E-state index in [9.17, 15) is 5.11 Å². The van der Waals surface area contributed by atoms with Crippen molar-refractivity contribution in [1.29, 1.82) is 0 Å². The van der Waals surface area contributed by atoms with Crippen molar-refractivity contribution in [3.05, 3.63) is 47.3 Å². The second-order valence-corrected chi connectivity index (χ2v) is 7.52. The van der Waals surface area contributed by atoms with E-state index in [4.69, 9.17) is 4.74 Å². The summed E-state index contributed by atoms with van der Waals surface area (Å²) in [5, 5.41) is 14.1. The van der Waals surface area contributed by atoms with Gasteiger partial charge in [0.25, 0.3) is 0 Å². The normalized spacial score (nSPS) is 18.5. The smallest absolute Gasteiger partial charge is 0.119 e. The molecule has 3 rings (SSSR count). The SMILES string of the molecule is CCOc1ccc(CN2CCN(Cc3cnn(CC)c3C)C[C@H]2CCO)cc1. The largest absolute Gasteiger partial charge is 0.494 e. The molecule has 6 heteroatoms. The van der Waals surface area contributed by atoms with Crippen molar-refractivity contribution < 1.29 is 9.84 Å². The Labute approximate surface area is 168 Å². The summed E-state index contributed by atoms with van der Waals surface area (Å²) < 4.78 is 7.60. The predicted molar refractivity (Wildman–Crippen MR) is 111 cm³/mol. The Morgan fingerprint density at radius 1 is 1.14 bits per heavy atom. The van der Waals surface area contributed by atoms with Gasteiger partial charge in [-0.15, -0.1) is 0 Å². The highest BCUT2D eigenvalue weighted by atomic mass is 16.5. The van der Waals surface area contributed by atoms with Crippen LogP contribution in [-0.2, 0) is 19.6 Å². The molecular weight excluding hydrogens is 352 g/mol. The lowest BCUT2D eigenvalue weighted by molar-refractivity contribution is 0.0498. The van der Waals surface area contributed by atoms with Crippen molar-refractivity contribution in [2.45, 2.75) is 52.9 Å². The molecule has 0 aliphatic carbocycles. The van der Waals surface area contributed by atoms with Gasteiger partial charge in [0.1, 0.15) is 5.75 Å². The minimum atomic E-state index is 0.227. The van der Waals surface area contributed by atoms with Crippen molar-refractivity contribution in [3.8, 4) is 5.75 Å². The van der Waals surface area contributed by atoms with Crippen LogP contribution in [0.2, 0.25) is 0 Å². The molecule has 6 nitrogen and oxygen atoms in total. The Hall–Kier alpha value is -1.89. The van der Waals surface area contributed by atoms with E-state index in [0.29, 0.717) is 12.6 Å². The summed E-state index contributed by atoms with van der Waals surface area (Å²) in [6, 6.07) is 8.76. The molecule has 1 saturated heterocycles. The second kappa shape index (κ2) is 10.0. The molecule has 0 radical (unpaired) electrons. The Morgan fingerprint density at radius 3 is 2.57 bits per heavy atom. The lowest BCUT2D eigenvalue weighted by atomic mass is 10.1. The summed E-state index contributed by atoms with van der Waals surface area (Å²) in [5.74, 6) is 0.922. The summed E-state index contributed by atoms with van der Waals surface area (Å²) >= 11 is 0. The van der Waals surface area contributed by atoms with Gasteiger partial charge < -0.3 is 9.84 Å². The van der Waals surface area contributed by atoms with Crippen LogP contribution in [0.4, 0.5) is 0 Å². The number of aryl methyl sites for hydroxylation is 1. The zero-order chi connectivity index (χ0) is 19.9. The molecular formula is C22H34N4O2. The first-order valence-electron chi connectivity index (χ1n) is 10.4. The summed E-state index contributed by atoms with van der Waals surface area (Å²) in [7, 11) is 0. The molecule has 0 unspecified atom stereocenters. The van der Waals surface area contributed by atoms with E-state index in [1.54, 1.807) is 0 Å². The first-order valence-corrected chi connectivity index (χ1v) is 10.4. The summed E-state index contributed by atoms with van der Waals surface area (Å²) in [6.07, 6.45) is 2.81. The van der Waals surface area contributed by atoms with E-state index in [1.165, 1.54) is 16.8 Å². The van der Waals surface area contributed by atoms with Crippen molar-refractivity contribution in [1.82, 2.24) is 19.6 Å². The quantitative estimate of drug-likeness (QED) is 0.718. The lowest BCUT2D eigenvalue weighted by Gasteiger charge is -2.41. The van der Waals surface area contributed by atoms with E-state index in [1.807, 2.05) is 25.3 Å². The van der Waals surface area contributed by atoms with Crippen molar-refractivity contribution >= 4 is 0 Å². The van der Waals surface area contributed by atoms with Gasteiger partial charge in [0, 0.05) is 63.2 Å².